The Morgan fingerprint density at radius 3 is 2.64 bits per heavy atom. The number of esters is 1. The molecule has 0 saturated heterocycles. The molecule has 4 aromatic rings. The minimum Gasteiger partial charge on any atom is -0.477 e. The van der Waals surface area contributed by atoms with Gasteiger partial charge in [-0.15, -0.1) is 13.2 Å². The van der Waals surface area contributed by atoms with E-state index in [0.717, 1.165) is 28.8 Å². The van der Waals surface area contributed by atoms with E-state index in [9.17, 15) is 37.1 Å². The van der Waals surface area contributed by atoms with E-state index >= 15 is 0 Å². The highest BCUT2D eigenvalue weighted by molar-refractivity contribution is 5.96. The molecule has 1 atom stereocenters. The lowest BCUT2D eigenvalue weighted by atomic mass is 9.98. The summed E-state index contributed by atoms with van der Waals surface area (Å²) in [5, 5.41) is 16.2. The second kappa shape index (κ2) is 13.5. The number of carbonyl (C=O) groups excluding carboxylic acids is 2. The van der Waals surface area contributed by atoms with Crippen molar-refractivity contribution < 1.29 is 46.5 Å². The van der Waals surface area contributed by atoms with E-state index in [1.54, 1.807) is 6.07 Å². The number of carboxylic acids is 1. The summed E-state index contributed by atoms with van der Waals surface area (Å²) in [6.07, 6.45) is -0.859. The number of rotatable bonds is 8. The molecule has 0 unspecified atom stereocenters. The van der Waals surface area contributed by atoms with E-state index < -0.39 is 35.8 Å². The van der Waals surface area contributed by atoms with Gasteiger partial charge in [0, 0.05) is 12.6 Å². The average molecular weight is 631 g/mol. The maximum Gasteiger partial charge on any atom is 0.573 e. The standard InChI is InChI=1S/C21H19N5O5.C8H7F4NO/c1-3-8-31-20(30)13-4-5-14-12(11(13)2)6-7-15(14)24-18(27)17-9-16(19(28)29)25-21-22-10-23-26(17)21;9-6-2-1-5(4-13)3-7(6)14-8(10,11)12/h3-5,9-10,15H,1,6-8H2,2H3,(H,24,27)(H,28,29);1-3H,4,13H2/t15-;/m0./s1. The number of alkyl halides is 3. The fourth-order valence-corrected chi connectivity index (χ4v) is 4.66. The lowest BCUT2D eigenvalue weighted by molar-refractivity contribution is -0.275. The van der Waals surface area contributed by atoms with Crippen molar-refractivity contribution in [1.82, 2.24) is 24.9 Å². The van der Waals surface area contributed by atoms with Crippen molar-refractivity contribution in [2.24, 2.45) is 5.73 Å². The van der Waals surface area contributed by atoms with Crippen LogP contribution in [0.3, 0.4) is 0 Å². The molecule has 0 aliphatic heterocycles. The van der Waals surface area contributed by atoms with Crippen molar-refractivity contribution in [3.8, 4) is 5.75 Å². The van der Waals surface area contributed by atoms with Crippen LogP contribution < -0.4 is 15.8 Å². The monoisotopic (exact) mass is 630 g/mol. The van der Waals surface area contributed by atoms with Gasteiger partial charge < -0.3 is 25.6 Å². The predicted octanol–water partition coefficient (Wildman–Crippen LogP) is 4.07. The molecular formula is C29H26F4N6O6. The number of aromatic nitrogens is 4. The van der Waals surface area contributed by atoms with Crippen LogP contribution in [0.15, 0.2) is 55.4 Å². The van der Waals surface area contributed by atoms with Crippen molar-refractivity contribution in [1.29, 1.82) is 0 Å². The van der Waals surface area contributed by atoms with Crippen molar-refractivity contribution >= 4 is 23.6 Å². The minimum atomic E-state index is -4.89. The number of hydrogen-bond donors (Lipinski definition) is 3. The molecule has 1 aliphatic rings. The zero-order valence-electron chi connectivity index (χ0n) is 23.6. The second-order valence-corrected chi connectivity index (χ2v) is 9.58. The summed E-state index contributed by atoms with van der Waals surface area (Å²) in [6.45, 7) is 5.55. The van der Waals surface area contributed by atoms with Crippen LogP contribution in [0.2, 0.25) is 0 Å². The Labute approximate surface area is 252 Å². The van der Waals surface area contributed by atoms with Crippen LogP contribution in [0, 0.1) is 12.7 Å². The maximum atomic E-state index is 13.0. The zero-order chi connectivity index (χ0) is 32.9. The summed E-state index contributed by atoms with van der Waals surface area (Å²) in [5.74, 6) is -4.09. The van der Waals surface area contributed by atoms with E-state index in [1.165, 1.54) is 29.1 Å². The van der Waals surface area contributed by atoms with Crippen LogP contribution in [0.5, 0.6) is 5.75 Å². The average Bonchev–Trinajstić information content (AvgIpc) is 3.64. The summed E-state index contributed by atoms with van der Waals surface area (Å²) < 4.78 is 57.8. The SMILES string of the molecule is C=CCOC(=O)c1ccc2c(c1C)CC[C@@H]2NC(=O)c1cc(C(=O)O)nc2ncnn12.NCc1ccc(F)c(OC(F)(F)F)c1. The number of amides is 1. The first kappa shape index (κ1) is 32.5. The third kappa shape index (κ3) is 7.59. The molecule has 2 aromatic carbocycles. The number of carboxylic acid groups (broad SMARTS) is 1. The van der Waals surface area contributed by atoms with E-state index in [2.05, 4.69) is 31.7 Å². The Hall–Kier alpha value is -5.38. The maximum absolute atomic E-state index is 13.0. The molecule has 12 nitrogen and oxygen atoms in total. The van der Waals surface area contributed by atoms with Crippen molar-refractivity contribution in [2.45, 2.75) is 38.7 Å². The number of hydrogen-bond acceptors (Lipinski definition) is 9. The first-order valence-electron chi connectivity index (χ1n) is 13.2. The van der Waals surface area contributed by atoms with Gasteiger partial charge in [0.05, 0.1) is 11.6 Å². The number of fused-ring (bicyclic) bond motifs is 2. The van der Waals surface area contributed by atoms with Gasteiger partial charge in [-0.1, -0.05) is 24.8 Å². The second-order valence-electron chi connectivity index (χ2n) is 9.58. The summed E-state index contributed by atoms with van der Waals surface area (Å²) in [7, 11) is 0. The van der Waals surface area contributed by atoms with E-state index in [4.69, 9.17) is 10.5 Å². The Bertz CT molecular complexity index is 1770. The van der Waals surface area contributed by atoms with Crippen molar-refractivity contribution in [2.75, 3.05) is 6.61 Å². The number of nitrogens with one attached hydrogen (secondary N) is 1. The molecule has 16 heteroatoms. The third-order valence-corrected chi connectivity index (χ3v) is 6.71. The highest BCUT2D eigenvalue weighted by Crippen LogP contribution is 2.35. The molecule has 1 aliphatic carbocycles. The smallest absolute Gasteiger partial charge is 0.477 e. The number of benzene rings is 2. The quantitative estimate of drug-likeness (QED) is 0.146. The predicted molar refractivity (Wildman–Crippen MR) is 149 cm³/mol. The minimum absolute atomic E-state index is 0.0223. The van der Waals surface area contributed by atoms with Gasteiger partial charge in [0.25, 0.3) is 11.7 Å². The Balaban J connectivity index is 0.000000276. The van der Waals surface area contributed by atoms with Gasteiger partial charge in [0.1, 0.15) is 18.6 Å². The number of nitrogens with zero attached hydrogens (tertiary/aromatic N) is 4. The zero-order valence-corrected chi connectivity index (χ0v) is 23.6. The number of halogens is 4. The molecule has 2 aromatic heterocycles. The van der Waals surface area contributed by atoms with E-state index in [0.29, 0.717) is 24.0 Å². The van der Waals surface area contributed by atoms with Crippen LogP contribution in [0.25, 0.3) is 5.78 Å². The van der Waals surface area contributed by atoms with Crippen LogP contribution >= 0.6 is 0 Å². The van der Waals surface area contributed by atoms with Crippen LogP contribution in [-0.4, -0.2) is 55.5 Å². The van der Waals surface area contributed by atoms with Crippen LogP contribution in [0.4, 0.5) is 17.6 Å². The van der Waals surface area contributed by atoms with Gasteiger partial charge in [-0.25, -0.2) is 19.0 Å². The van der Waals surface area contributed by atoms with Crippen LogP contribution in [-0.2, 0) is 17.7 Å². The first-order chi connectivity index (χ1) is 21.3. The largest absolute Gasteiger partial charge is 0.573 e. The normalized spacial score (nSPS) is 13.8. The van der Waals surface area contributed by atoms with Gasteiger partial charge in [-0.2, -0.15) is 14.6 Å². The summed E-state index contributed by atoms with van der Waals surface area (Å²) in [6, 6.07) is 7.46. The molecule has 45 heavy (non-hydrogen) atoms. The van der Waals surface area contributed by atoms with Gasteiger partial charge in [0.15, 0.2) is 17.3 Å². The molecule has 5 rings (SSSR count). The van der Waals surface area contributed by atoms with E-state index in [1.807, 2.05) is 13.0 Å². The Morgan fingerprint density at radius 2 is 1.98 bits per heavy atom. The highest BCUT2D eigenvalue weighted by atomic mass is 19.4. The molecule has 1 amide bonds. The van der Waals surface area contributed by atoms with Gasteiger partial charge in [-0.05, 0) is 60.2 Å². The Morgan fingerprint density at radius 1 is 1.22 bits per heavy atom. The van der Waals surface area contributed by atoms with Crippen molar-refractivity contribution in [3.63, 3.8) is 0 Å². The number of ether oxygens (including phenoxy) is 2. The summed E-state index contributed by atoms with van der Waals surface area (Å²) >= 11 is 0. The highest BCUT2D eigenvalue weighted by Gasteiger charge is 2.32. The summed E-state index contributed by atoms with van der Waals surface area (Å²) in [4.78, 5) is 44.3. The molecule has 0 spiro atoms. The Kier molecular flexibility index (Phi) is 9.76. The number of nitrogens with two attached hydrogens (primary N) is 1. The first-order valence-corrected chi connectivity index (χ1v) is 13.2. The fraction of sp³-hybridized carbons (Fsp3) is 0.241. The molecule has 0 fully saturated rings. The molecule has 236 valence electrons. The lowest BCUT2D eigenvalue weighted by Gasteiger charge is -2.16. The molecular weight excluding hydrogens is 604 g/mol. The lowest BCUT2D eigenvalue weighted by Crippen LogP contribution is -2.29. The fourth-order valence-electron chi connectivity index (χ4n) is 4.66. The topological polar surface area (TPSA) is 171 Å². The molecule has 0 saturated carbocycles. The molecule has 4 N–H and O–H groups in total. The van der Waals surface area contributed by atoms with Gasteiger partial charge in [-0.3, -0.25) is 4.79 Å². The molecule has 2 heterocycles. The molecule has 0 radical (unpaired) electrons. The van der Waals surface area contributed by atoms with Crippen molar-refractivity contribution in [3.05, 3.63) is 100 Å². The molecule has 0 bridgehead atoms. The van der Waals surface area contributed by atoms with Gasteiger partial charge >= 0.3 is 18.3 Å². The third-order valence-electron chi connectivity index (χ3n) is 6.71. The summed E-state index contributed by atoms with van der Waals surface area (Å²) in [5.41, 5.74) is 8.47. The van der Waals surface area contributed by atoms with E-state index in [-0.39, 0.29) is 36.4 Å². The number of carbonyl (C=O) groups is 3. The van der Waals surface area contributed by atoms with Crippen LogP contribution in [0.1, 0.15) is 66.1 Å². The number of aromatic carboxylic acids is 1. The van der Waals surface area contributed by atoms with Gasteiger partial charge in [0.2, 0.25) is 0 Å².